The summed E-state index contributed by atoms with van der Waals surface area (Å²) in [6.07, 6.45) is 5.90. The maximum atomic E-state index is 12.7. The molecule has 0 radical (unpaired) electrons. The number of rotatable bonds is 10. The van der Waals surface area contributed by atoms with Crippen molar-refractivity contribution in [3.05, 3.63) is 23.9 Å². The summed E-state index contributed by atoms with van der Waals surface area (Å²) >= 11 is 0. The van der Waals surface area contributed by atoms with E-state index in [1.54, 1.807) is 6.20 Å². The van der Waals surface area contributed by atoms with Crippen LogP contribution >= 0.6 is 0 Å². The van der Waals surface area contributed by atoms with Gasteiger partial charge >= 0.3 is 0 Å². The Morgan fingerprint density at radius 1 is 0.955 bits per heavy atom. The molecule has 4 nitrogen and oxygen atoms in total. The molecule has 4 heteroatoms. The van der Waals surface area contributed by atoms with Gasteiger partial charge in [0.25, 0.3) is 5.91 Å². The third kappa shape index (κ3) is 5.32. The minimum atomic E-state index is 0.125. The fourth-order valence-electron chi connectivity index (χ4n) is 2.64. The summed E-state index contributed by atoms with van der Waals surface area (Å²) in [6, 6.07) is 3.78. The second kappa shape index (κ2) is 10.2. The topological polar surface area (TPSA) is 36.4 Å². The van der Waals surface area contributed by atoms with Crippen LogP contribution in [-0.2, 0) is 0 Å². The van der Waals surface area contributed by atoms with Gasteiger partial charge in [-0.1, -0.05) is 27.7 Å². The molecule has 0 saturated carbocycles. The van der Waals surface area contributed by atoms with Crippen LogP contribution in [0, 0.1) is 0 Å². The van der Waals surface area contributed by atoms with Crippen LogP contribution in [0.25, 0.3) is 0 Å². The monoisotopic (exact) mass is 305 g/mol. The Bertz CT molecular complexity index is 436. The molecule has 1 heterocycles. The minimum absolute atomic E-state index is 0.125. The van der Waals surface area contributed by atoms with E-state index in [1.807, 2.05) is 17.0 Å². The highest BCUT2D eigenvalue weighted by molar-refractivity contribution is 5.94. The maximum Gasteiger partial charge on any atom is 0.254 e. The summed E-state index contributed by atoms with van der Waals surface area (Å²) in [7, 11) is 0. The van der Waals surface area contributed by atoms with E-state index in [0.29, 0.717) is 0 Å². The predicted molar refractivity (Wildman–Crippen MR) is 93.5 cm³/mol. The average Bonchev–Trinajstić information content (AvgIpc) is 2.54. The van der Waals surface area contributed by atoms with Crippen molar-refractivity contribution in [2.45, 2.75) is 53.4 Å². The lowest BCUT2D eigenvalue weighted by molar-refractivity contribution is 0.0755. The first-order valence-corrected chi connectivity index (χ1v) is 8.68. The highest BCUT2D eigenvalue weighted by Crippen LogP contribution is 2.15. The van der Waals surface area contributed by atoms with Gasteiger partial charge in [0.05, 0.1) is 0 Å². The molecule has 0 aliphatic carbocycles. The van der Waals surface area contributed by atoms with Crippen molar-refractivity contribution in [3.8, 4) is 0 Å². The Balaban J connectivity index is 2.95. The normalized spacial score (nSPS) is 10.5. The summed E-state index contributed by atoms with van der Waals surface area (Å²) in [6.45, 7) is 12.1. The fourth-order valence-corrected chi connectivity index (χ4v) is 2.64. The Morgan fingerprint density at radius 3 is 2.00 bits per heavy atom. The van der Waals surface area contributed by atoms with Crippen LogP contribution in [0.15, 0.2) is 18.3 Å². The second-order valence-electron chi connectivity index (χ2n) is 5.68. The van der Waals surface area contributed by atoms with Gasteiger partial charge in [0.2, 0.25) is 0 Å². The minimum Gasteiger partial charge on any atom is -0.357 e. The van der Waals surface area contributed by atoms with E-state index in [-0.39, 0.29) is 5.91 Å². The largest absolute Gasteiger partial charge is 0.357 e. The van der Waals surface area contributed by atoms with Crippen molar-refractivity contribution in [2.75, 3.05) is 31.1 Å². The van der Waals surface area contributed by atoms with Gasteiger partial charge in [0.15, 0.2) is 0 Å². The Hall–Kier alpha value is -1.58. The van der Waals surface area contributed by atoms with E-state index >= 15 is 0 Å². The Kier molecular flexibility index (Phi) is 8.56. The van der Waals surface area contributed by atoms with Gasteiger partial charge in [0, 0.05) is 37.9 Å². The number of anilines is 1. The van der Waals surface area contributed by atoms with Gasteiger partial charge < -0.3 is 9.80 Å². The number of pyridine rings is 1. The third-order valence-electron chi connectivity index (χ3n) is 3.58. The first-order chi connectivity index (χ1) is 10.7. The maximum absolute atomic E-state index is 12.7. The van der Waals surface area contributed by atoms with Crippen molar-refractivity contribution >= 4 is 11.7 Å². The van der Waals surface area contributed by atoms with E-state index in [9.17, 15) is 4.79 Å². The van der Waals surface area contributed by atoms with Crippen LogP contribution in [0.2, 0.25) is 0 Å². The summed E-state index contributed by atoms with van der Waals surface area (Å²) in [5, 5.41) is 0. The zero-order valence-corrected chi connectivity index (χ0v) is 14.6. The summed E-state index contributed by atoms with van der Waals surface area (Å²) < 4.78 is 0. The highest BCUT2D eigenvalue weighted by Gasteiger charge is 2.16. The van der Waals surface area contributed by atoms with Crippen LogP contribution in [-0.4, -0.2) is 42.0 Å². The van der Waals surface area contributed by atoms with E-state index in [1.165, 1.54) is 0 Å². The standard InChI is InChI=1S/C18H31N3O/c1-5-11-20(12-6-2)17-15-16(9-10-19-17)18(22)21(13-7-3)14-8-4/h9-10,15H,5-8,11-14H2,1-4H3. The molecular formula is C18H31N3O. The molecule has 0 N–H and O–H groups in total. The zero-order chi connectivity index (χ0) is 16.4. The number of aromatic nitrogens is 1. The number of carbonyl (C=O) groups is 1. The first kappa shape index (κ1) is 18.5. The van der Waals surface area contributed by atoms with E-state index in [2.05, 4.69) is 37.6 Å². The molecule has 1 rings (SSSR count). The number of amides is 1. The van der Waals surface area contributed by atoms with Gasteiger partial charge in [-0.3, -0.25) is 4.79 Å². The van der Waals surface area contributed by atoms with Gasteiger partial charge in [-0.25, -0.2) is 4.98 Å². The van der Waals surface area contributed by atoms with Gasteiger partial charge in [-0.05, 0) is 37.8 Å². The molecule has 0 bridgehead atoms. The lowest BCUT2D eigenvalue weighted by atomic mass is 10.2. The van der Waals surface area contributed by atoms with Crippen molar-refractivity contribution in [3.63, 3.8) is 0 Å². The van der Waals surface area contributed by atoms with Crippen LogP contribution in [0.1, 0.15) is 63.7 Å². The lowest BCUT2D eigenvalue weighted by Crippen LogP contribution is -2.33. The molecule has 0 atom stereocenters. The zero-order valence-electron chi connectivity index (χ0n) is 14.6. The molecule has 0 unspecified atom stereocenters. The van der Waals surface area contributed by atoms with Crippen LogP contribution in [0.3, 0.4) is 0 Å². The van der Waals surface area contributed by atoms with Gasteiger partial charge in [-0.15, -0.1) is 0 Å². The van der Waals surface area contributed by atoms with Crippen molar-refractivity contribution in [1.82, 2.24) is 9.88 Å². The number of carbonyl (C=O) groups excluding carboxylic acids is 1. The molecule has 0 aliphatic heterocycles. The van der Waals surface area contributed by atoms with E-state index < -0.39 is 0 Å². The van der Waals surface area contributed by atoms with E-state index in [4.69, 9.17) is 0 Å². The number of hydrogen-bond donors (Lipinski definition) is 0. The second-order valence-corrected chi connectivity index (χ2v) is 5.68. The summed E-state index contributed by atoms with van der Waals surface area (Å²) in [4.78, 5) is 21.4. The molecule has 0 aliphatic rings. The van der Waals surface area contributed by atoms with E-state index in [0.717, 1.165) is 63.2 Å². The van der Waals surface area contributed by atoms with Crippen molar-refractivity contribution in [2.24, 2.45) is 0 Å². The molecule has 1 amide bonds. The lowest BCUT2D eigenvalue weighted by Gasteiger charge is -2.24. The molecule has 22 heavy (non-hydrogen) atoms. The highest BCUT2D eigenvalue weighted by atomic mass is 16.2. The molecule has 1 aromatic heterocycles. The molecule has 124 valence electrons. The molecule has 0 spiro atoms. The summed E-state index contributed by atoms with van der Waals surface area (Å²) in [5.41, 5.74) is 0.754. The molecule has 0 fully saturated rings. The van der Waals surface area contributed by atoms with Crippen molar-refractivity contribution in [1.29, 1.82) is 0 Å². The number of hydrogen-bond acceptors (Lipinski definition) is 3. The molecule has 1 aromatic rings. The van der Waals surface area contributed by atoms with Gasteiger partial charge in [0.1, 0.15) is 5.82 Å². The SMILES string of the molecule is CCCN(CCC)C(=O)c1ccnc(N(CCC)CCC)c1. The predicted octanol–water partition coefficient (Wildman–Crippen LogP) is 3.97. The quantitative estimate of drug-likeness (QED) is 0.656. The summed E-state index contributed by atoms with van der Waals surface area (Å²) in [5.74, 6) is 1.04. The fraction of sp³-hybridized carbons (Fsp3) is 0.667. The molecule has 0 saturated heterocycles. The third-order valence-corrected chi connectivity index (χ3v) is 3.58. The van der Waals surface area contributed by atoms with Crippen LogP contribution in [0.4, 0.5) is 5.82 Å². The smallest absolute Gasteiger partial charge is 0.254 e. The Labute approximate surface area is 135 Å². The Morgan fingerprint density at radius 2 is 1.50 bits per heavy atom. The first-order valence-electron chi connectivity index (χ1n) is 8.68. The number of nitrogens with zero attached hydrogens (tertiary/aromatic N) is 3. The van der Waals surface area contributed by atoms with Crippen molar-refractivity contribution < 1.29 is 4.79 Å². The van der Waals surface area contributed by atoms with Crippen LogP contribution < -0.4 is 4.90 Å². The average molecular weight is 305 g/mol. The molecule has 0 aromatic carbocycles. The molecular weight excluding hydrogens is 274 g/mol. The van der Waals surface area contributed by atoms with Crippen LogP contribution in [0.5, 0.6) is 0 Å². The van der Waals surface area contributed by atoms with Gasteiger partial charge in [-0.2, -0.15) is 0 Å².